The first-order valence-corrected chi connectivity index (χ1v) is 6.08. The molecule has 0 aliphatic heterocycles. The van der Waals surface area contributed by atoms with E-state index in [-0.39, 0.29) is 18.2 Å². The molecular formula is C14H16N2O3. The Kier molecular flexibility index (Phi) is 4.30. The summed E-state index contributed by atoms with van der Waals surface area (Å²) in [4.78, 5) is 11.7. The monoisotopic (exact) mass is 260 g/mol. The van der Waals surface area contributed by atoms with Crippen LogP contribution in [0.1, 0.15) is 21.8 Å². The van der Waals surface area contributed by atoms with Crippen molar-refractivity contribution in [1.82, 2.24) is 10.5 Å². The van der Waals surface area contributed by atoms with Gasteiger partial charge in [-0.25, -0.2) is 0 Å². The van der Waals surface area contributed by atoms with Gasteiger partial charge in [0.1, 0.15) is 0 Å². The molecule has 1 atom stereocenters. The summed E-state index contributed by atoms with van der Waals surface area (Å²) in [6.07, 6.45) is -0.133. The van der Waals surface area contributed by atoms with Crippen molar-refractivity contribution in [1.29, 1.82) is 0 Å². The van der Waals surface area contributed by atoms with E-state index in [1.807, 2.05) is 30.3 Å². The number of hydrogen-bond acceptors (Lipinski definition) is 4. The second-order valence-corrected chi connectivity index (χ2v) is 4.39. The minimum Gasteiger partial charge on any atom is -0.391 e. The van der Waals surface area contributed by atoms with E-state index in [1.165, 1.54) is 0 Å². The fourth-order valence-corrected chi connectivity index (χ4v) is 1.73. The van der Waals surface area contributed by atoms with Crippen LogP contribution in [0.5, 0.6) is 0 Å². The fraction of sp³-hybridized carbons (Fsp3) is 0.286. The van der Waals surface area contributed by atoms with Crippen LogP contribution in [0.2, 0.25) is 0 Å². The molecule has 1 heterocycles. The van der Waals surface area contributed by atoms with Gasteiger partial charge in [-0.3, -0.25) is 4.79 Å². The maximum Gasteiger partial charge on any atom is 0.289 e. The van der Waals surface area contributed by atoms with Crippen molar-refractivity contribution >= 4 is 5.91 Å². The minimum atomic E-state index is -0.629. The van der Waals surface area contributed by atoms with Gasteiger partial charge in [-0.15, -0.1) is 0 Å². The van der Waals surface area contributed by atoms with Gasteiger partial charge in [0.15, 0.2) is 0 Å². The van der Waals surface area contributed by atoms with Crippen molar-refractivity contribution in [2.45, 2.75) is 19.4 Å². The Balaban J connectivity index is 1.80. The lowest BCUT2D eigenvalue weighted by Gasteiger charge is -2.10. The number of carbonyl (C=O) groups excluding carboxylic acids is 1. The number of nitrogens with zero attached hydrogens (tertiary/aromatic N) is 1. The van der Waals surface area contributed by atoms with Gasteiger partial charge < -0.3 is 14.9 Å². The van der Waals surface area contributed by atoms with Crippen LogP contribution in [-0.4, -0.2) is 28.8 Å². The summed E-state index contributed by atoms with van der Waals surface area (Å²) in [6, 6.07) is 11.2. The van der Waals surface area contributed by atoms with Crippen LogP contribution in [0, 0.1) is 6.92 Å². The molecule has 2 rings (SSSR count). The molecule has 1 amide bonds. The summed E-state index contributed by atoms with van der Waals surface area (Å²) in [5.74, 6) is -0.211. The van der Waals surface area contributed by atoms with Gasteiger partial charge in [0.25, 0.3) is 5.91 Å². The minimum absolute atomic E-state index is 0.157. The zero-order valence-electron chi connectivity index (χ0n) is 10.7. The number of hydrogen-bond donors (Lipinski definition) is 2. The summed E-state index contributed by atoms with van der Waals surface area (Å²) >= 11 is 0. The molecule has 2 N–H and O–H groups in total. The molecule has 0 aliphatic carbocycles. The van der Waals surface area contributed by atoms with Gasteiger partial charge in [0, 0.05) is 19.0 Å². The van der Waals surface area contributed by atoms with Crippen LogP contribution in [0.25, 0.3) is 0 Å². The highest BCUT2D eigenvalue weighted by Crippen LogP contribution is 2.04. The molecule has 5 heteroatoms. The van der Waals surface area contributed by atoms with E-state index < -0.39 is 6.10 Å². The van der Waals surface area contributed by atoms with Crippen LogP contribution in [0.4, 0.5) is 0 Å². The van der Waals surface area contributed by atoms with Crippen LogP contribution in [-0.2, 0) is 6.42 Å². The van der Waals surface area contributed by atoms with Crippen LogP contribution in [0.3, 0.4) is 0 Å². The first kappa shape index (κ1) is 13.3. The molecule has 0 bridgehead atoms. The van der Waals surface area contributed by atoms with Crippen LogP contribution in [0.15, 0.2) is 40.9 Å². The predicted octanol–water partition coefficient (Wildman–Crippen LogP) is 1.32. The molecule has 1 unspecified atom stereocenters. The van der Waals surface area contributed by atoms with Crippen molar-refractivity contribution in [2.75, 3.05) is 6.54 Å². The normalized spacial score (nSPS) is 12.1. The van der Waals surface area contributed by atoms with E-state index in [1.54, 1.807) is 13.0 Å². The Hall–Kier alpha value is -2.14. The molecule has 0 spiro atoms. The molecule has 100 valence electrons. The molecule has 1 aromatic carbocycles. The number of carbonyl (C=O) groups is 1. The summed E-state index contributed by atoms with van der Waals surface area (Å²) in [7, 11) is 0. The van der Waals surface area contributed by atoms with E-state index in [0.717, 1.165) is 5.56 Å². The third kappa shape index (κ3) is 3.93. The fourth-order valence-electron chi connectivity index (χ4n) is 1.73. The predicted molar refractivity (Wildman–Crippen MR) is 69.7 cm³/mol. The molecule has 2 aromatic rings. The van der Waals surface area contributed by atoms with E-state index in [2.05, 4.69) is 10.5 Å². The third-order valence-corrected chi connectivity index (χ3v) is 2.66. The molecule has 0 saturated heterocycles. The molecule has 0 radical (unpaired) electrons. The third-order valence-electron chi connectivity index (χ3n) is 2.66. The van der Waals surface area contributed by atoms with Crippen LogP contribution >= 0.6 is 0 Å². The molecule has 5 nitrogen and oxygen atoms in total. The number of aliphatic hydroxyl groups is 1. The molecule has 0 fully saturated rings. The van der Waals surface area contributed by atoms with E-state index in [0.29, 0.717) is 12.1 Å². The molecule has 0 aliphatic rings. The van der Waals surface area contributed by atoms with Gasteiger partial charge in [-0.2, -0.15) is 0 Å². The lowest BCUT2D eigenvalue weighted by Crippen LogP contribution is -2.33. The van der Waals surface area contributed by atoms with Gasteiger partial charge in [-0.05, 0) is 12.5 Å². The Morgan fingerprint density at radius 2 is 2.16 bits per heavy atom. The Labute approximate surface area is 111 Å². The largest absolute Gasteiger partial charge is 0.391 e. The Morgan fingerprint density at radius 1 is 1.42 bits per heavy atom. The highest BCUT2D eigenvalue weighted by atomic mass is 16.5. The van der Waals surface area contributed by atoms with E-state index in [9.17, 15) is 9.90 Å². The molecular weight excluding hydrogens is 244 g/mol. The van der Waals surface area contributed by atoms with Crippen molar-refractivity contribution in [3.05, 3.63) is 53.4 Å². The first-order valence-electron chi connectivity index (χ1n) is 6.08. The lowest BCUT2D eigenvalue weighted by molar-refractivity contribution is 0.0879. The maximum absolute atomic E-state index is 11.7. The number of aryl methyl sites for hydroxylation is 1. The van der Waals surface area contributed by atoms with Gasteiger partial charge in [0.05, 0.1) is 11.8 Å². The number of nitrogens with one attached hydrogen (secondary N) is 1. The molecule has 1 aromatic heterocycles. The quantitative estimate of drug-likeness (QED) is 0.850. The van der Waals surface area contributed by atoms with Crippen molar-refractivity contribution < 1.29 is 14.4 Å². The highest BCUT2D eigenvalue weighted by Gasteiger charge is 2.13. The Bertz CT molecular complexity index is 537. The van der Waals surface area contributed by atoms with Gasteiger partial charge in [0.2, 0.25) is 5.76 Å². The van der Waals surface area contributed by atoms with E-state index in [4.69, 9.17) is 4.52 Å². The number of aromatic nitrogens is 1. The summed E-state index contributed by atoms with van der Waals surface area (Å²) in [5, 5.41) is 16.1. The number of aliphatic hydroxyl groups excluding tert-OH is 1. The average molecular weight is 260 g/mol. The second-order valence-electron chi connectivity index (χ2n) is 4.39. The number of benzene rings is 1. The maximum atomic E-state index is 11.7. The summed E-state index contributed by atoms with van der Waals surface area (Å²) in [5.41, 5.74) is 1.68. The zero-order chi connectivity index (χ0) is 13.7. The van der Waals surface area contributed by atoms with Crippen molar-refractivity contribution in [2.24, 2.45) is 0 Å². The highest BCUT2D eigenvalue weighted by molar-refractivity contribution is 5.91. The Morgan fingerprint density at radius 3 is 2.79 bits per heavy atom. The van der Waals surface area contributed by atoms with Crippen molar-refractivity contribution in [3.8, 4) is 0 Å². The average Bonchev–Trinajstić information content (AvgIpc) is 2.84. The van der Waals surface area contributed by atoms with Gasteiger partial charge in [-0.1, -0.05) is 35.5 Å². The topological polar surface area (TPSA) is 75.4 Å². The molecule has 19 heavy (non-hydrogen) atoms. The standard InChI is InChI=1S/C14H16N2O3/c1-10-7-13(19-16-10)14(18)15-9-12(17)8-11-5-3-2-4-6-11/h2-7,12,17H,8-9H2,1H3,(H,15,18). The number of amides is 1. The zero-order valence-corrected chi connectivity index (χ0v) is 10.7. The summed E-state index contributed by atoms with van der Waals surface area (Å²) < 4.78 is 4.83. The smallest absolute Gasteiger partial charge is 0.289 e. The SMILES string of the molecule is Cc1cc(C(=O)NCC(O)Cc2ccccc2)on1. The summed E-state index contributed by atoms with van der Waals surface area (Å²) in [6.45, 7) is 1.91. The second kappa shape index (κ2) is 6.15. The van der Waals surface area contributed by atoms with Crippen LogP contribution < -0.4 is 5.32 Å². The number of rotatable bonds is 5. The molecule has 0 saturated carbocycles. The van der Waals surface area contributed by atoms with Crippen molar-refractivity contribution in [3.63, 3.8) is 0 Å². The first-order chi connectivity index (χ1) is 9.15. The van der Waals surface area contributed by atoms with Gasteiger partial charge >= 0.3 is 0 Å². The lowest BCUT2D eigenvalue weighted by atomic mass is 10.1. The van der Waals surface area contributed by atoms with E-state index >= 15 is 0 Å².